The van der Waals surface area contributed by atoms with Crippen LogP contribution in [0, 0.1) is 5.82 Å². The van der Waals surface area contributed by atoms with Gasteiger partial charge in [0.25, 0.3) is 15.0 Å². The Labute approximate surface area is 130 Å². The molecule has 0 radical (unpaired) electrons. The predicted molar refractivity (Wildman–Crippen MR) is 75.7 cm³/mol. The minimum atomic E-state index is -4.17. The number of hydrogen-bond donors (Lipinski definition) is 1. The van der Waals surface area contributed by atoms with E-state index in [2.05, 4.69) is 5.32 Å². The summed E-state index contributed by atoms with van der Waals surface area (Å²) in [6.45, 7) is 2.30. The number of carbonyl (C=O) groups is 1. The van der Waals surface area contributed by atoms with Crippen LogP contribution in [0.5, 0.6) is 0 Å². The summed E-state index contributed by atoms with van der Waals surface area (Å²) < 4.78 is 41.5. The molecule has 2 unspecified atom stereocenters. The van der Waals surface area contributed by atoms with Crippen LogP contribution >= 0.6 is 22.3 Å². The fourth-order valence-corrected chi connectivity index (χ4v) is 3.00. The molecule has 116 valence electrons. The molecule has 0 spiro atoms. The van der Waals surface area contributed by atoms with Crippen LogP contribution in [-0.4, -0.2) is 33.1 Å². The molecule has 9 heteroatoms. The highest BCUT2D eigenvalue weighted by molar-refractivity contribution is 8.13. The number of carbonyl (C=O) groups excluding carboxylic acids is 1. The lowest BCUT2D eigenvalue weighted by molar-refractivity contribution is 0.0865. The zero-order valence-corrected chi connectivity index (χ0v) is 13.2. The Kier molecular flexibility index (Phi) is 4.77. The van der Waals surface area contributed by atoms with Crippen molar-refractivity contribution in [2.75, 3.05) is 6.61 Å². The first-order valence-corrected chi connectivity index (χ1v) is 8.75. The van der Waals surface area contributed by atoms with Gasteiger partial charge in [-0.15, -0.1) is 0 Å². The predicted octanol–water partition coefficient (Wildman–Crippen LogP) is 2.31. The Morgan fingerprint density at radius 1 is 1.48 bits per heavy atom. The Hall–Kier alpha value is -0.890. The quantitative estimate of drug-likeness (QED) is 0.844. The van der Waals surface area contributed by atoms with Crippen molar-refractivity contribution in [1.29, 1.82) is 0 Å². The normalized spacial score (nSPS) is 22.3. The van der Waals surface area contributed by atoms with Crippen molar-refractivity contribution >= 4 is 37.2 Å². The topological polar surface area (TPSA) is 72.5 Å². The Bertz CT molecular complexity index is 680. The maximum atomic E-state index is 13.7. The van der Waals surface area contributed by atoms with E-state index in [0.717, 1.165) is 6.07 Å². The second-order valence-electron chi connectivity index (χ2n) is 4.65. The molecule has 1 amide bonds. The molecule has 0 bridgehead atoms. The number of benzene rings is 1. The average Bonchev–Trinajstić information content (AvgIpc) is 2.76. The lowest BCUT2D eigenvalue weighted by atomic mass is 10.1. The molecule has 1 heterocycles. The molecule has 0 aliphatic carbocycles. The molecule has 1 aromatic rings. The molecule has 0 aromatic heterocycles. The molecule has 1 N–H and O–H groups in total. The minimum absolute atomic E-state index is 0.183. The van der Waals surface area contributed by atoms with Crippen molar-refractivity contribution in [3.63, 3.8) is 0 Å². The summed E-state index contributed by atoms with van der Waals surface area (Å²) in [4.78, 5) is 11.6. The highest BCUT2D eigenvalue weighted by Gasteiger charge is 2.28. The van der Waals surface area contributed by atoms with Crippen molar-refractivity contribution < 1.29 is 22.3 Å². The summed E-state index contributed by atoms with van der Waals surface area (Å²) in [6, 6.07) is 1.37. The third-order valence-electron chi connectivity index (χ3n) is 3.22. The maximum absolute atomic E-state index is 13.7. The van der Waals surface area contributed by atoms with Crippen LogP contribution in [0.2, 0.25) is 5.02 Å². The van der Waals surface area contributed by atoms with Crippen LogP contribution in [0.4, 0.5) is 4.39 Å². The largest absolute Gasteiger partial charge is 0.376 e. The molecule has 0 saturated carbocycles. The van der Waals surface area contributed by atoms with Gasteiger partial charge in [-0.2, -0.15) is 0 Å². The van der Waals surface area contributed by atoms with Gasteiger partial charge in [-0.3, -0.25) is 4.79 Å². The minimum Gasteiger partial charge on any atom is -0.376 e. The molecule has 1 aromatic carbocycles. The summed E-state index contributed by atoms with van der Waals surface area (Å²) in [5.41, 5.74) is -0.282. The molecule has 1 saturated heterocycles. The van der Waals surface area contributed by atoms with Crippen molar-refractivity contribution in [3.8, 4) is 0 Å². The van der Waals surface area contributed by atoms with E-state index in [4.69, 9.17) is 27.0 Å². The maximum Gasteiger partial charge on any atom is 0.261 e. The molecule has 2 atom stereocenters. The average molecular weight is 356 g/mol. The lowest BCUT2D eigenvalue weighted by Crippen LogP contribution is -2.39. The summed E-state index contributed by atoms with van der Waals surface area (Å²) in [7, 11) is 0.997. The van der Waals surface area contributed by atoms with Gasteiger partial charge < -0.3 is 10.1 Å². The van der Waals surface area contributed by atoms with E-state index in [9.17, 15) is 17.6 Å². The number of amides is 1. The van der Waals surface area contributed by atoms with E-state index in [1.54, 1.807) is 6.92 Å². The zero-order chi connectivity index (χ0) is 15.8. The number of rotatable bonds is 3. The van der Waals surface area contributed by atoms with Gasteiger partial charge >= 0.3 is 0 Å². The van der Waals surface area contributed by atoms with Crippen molar-refractivity contribution in [1.82, 2.24) is 5.32 Å². The fraction of sp³-hybridized carbons (Fsp3) is 0.417. The van der Waals surface area contributed by atoms with E-state index >= 15 is 0 Å². The summed E-state index contributed by atoms with van der Waals surface area (Å²) in [5, 5.41) is 2.18. The van der Waals surface area contributed by atoms with Gasteiger partial charge in [-0.25, -0.2) is 12.8 Å². The molecule has 1 aliphatic heterocycles. The van der Waals surface area contributed by atoms with E-state index in [1.807, 2.05) is 0 Å². The number of nitrogens with one attached hydrogen (secondary N) is 1. The molecule has 2 rings (SSSR count). The molecular weight excluding hydrogens is 344 g/mol. The third kappa shape index (κ3) is 3.66. The number of hydrogen-bond acceptors (Lipinski definition) is 4. The summed E-state index contributed by atoms with van der Waals surface area (Å²) in [6.07, 6.45) is 0.429. The van der Waals surface area contributed by atoms with Gasteiger partial charge in [0.05, 0.1) is 27.6 Å². The standard InChI is InChI=1S/C12H12Cl2FNO4S/c1-6-10(2-3-20-6)16-12(17)8-4-7(21(14,18)19)5-9(15)11(8)13/h4-6,10H,2-3H2,1H3,(H,16,17). The van der Waals surface area contributed by atoms with Crippen molar-refractivity contribution in [3.05, 3.63) is 28.5 Å². The SMILES string of the molecule is CC1OCCC1NC(=O)c1cc(S(=O)(=O)Cl)cc(F)c1Cl. The van der Waals surface area contributed by atoms with Gasteiger partial charge in [0.15, 0.2) is 0 Å². The van der Waals surface area contributed by atoms with Crippen molar-refractivity contribution in [2.45, 2.75) is 30.4 Å². The van der Waals surface area contributed by atoms with E-state index in [0.29, 0.717) is 19.1 Å². The molecule has 5 nitrogen and oxygen atoms in total. The van der Waals surface area contributed by atoms with Gasteiger partial charge in [0.2, 0.25) is 0 Å². The summed E-state index contributed by atoms with van der Waals surface area (Å²) in [5.74, 6) is -1.71. The van der Waals surface area contributed by atoms with Crippen LogP contribution in [0.3, 0.4) is 0 Å². The monoisotopic (exact) mass is 355 g/mol. The molecule has 1 fully saturated rings. The lowest BCUT2D eigenvalue weighted by Gasteiger charge is -2.16. The fourth-order valence-electron chi connectivity index (χ4n) is 2.04. The Morgan fingerprint density at radius 3 is 2.67 bits per heavy atom. The van der Waals surface area contributed by atoms with Crippen LogP contribution in [0.1, 0.15) is 23.7 Å². The number of ether oxygens (including phenoxy) is 1. The number of halogens is 3. The zero-order valence-electron chi connectivity index (χ0n) is 10.9. The van der Waals surface area contributed by atoms with Crippen LogP contribution in [-0.2, 0) is 13.8 Å². The van der Waals surface area contributed by atoms with Crippen molar-refractivity contribution in [2.24, 2.45) is 0 Å². The first-order valence-electron chi connectivity index (χ1n) is 6.06. The first-order chi connectivity index (χ1) is 9.70. The summed E-state index contributed by atoms with van der Waals surface area (Å²) >= 11 is 5.73. The van der Waals surface area contributed by atoms with E-state index in [-0.39, 0.29) is 17.7 Å². The van der Waals surface area contributed by atoms with Crippen LogP contribution in [0.15, 0.2) is 17.0 Å². The molecule has 1 aliphatic rings. The van der Waals surface area contributed by atoms with E-state index in [1.165, 1.54) is 0 Å². The van der Waals surface area contributed by atoms with Gasteiger partial charge in [-0.05, 0) is 25.5 Å². The van der Waals surface area contributed by atoms with Crippen LogP contribution < -0.4 is 5.32 Å². The van der Waals surface area contributed by atoms with Gasteiger partial charge in [-0.1, -0.05) is 11.6 Å². The highest BCUT2D eigenvalue weighted by Crippen LogP contribution is 2.26. The Balaban J connectivity index is 2.34. The van der Waals surface area contributed by atoms with E-state index < -0.39 is 30.7 Å². The first kappa shape index (κ1) is 16.5. The third-order valence-corrected chi connectivity index (χ3v) is 4.94. The Morgan fingerprint density at radius 2 is 2.14 bits per heavy atom. The smallest absolute Gasteiger partial charge is 0.261 e. The van der Waals surface area contributed by atoms with Gasteiger partial charge in [0, 0.05) is 17.3 Å². The molecular formula is C12H12Cl2FNO4S. The second kappa shape index (κ2) is 6.08. The second-order valence-corrected chi connectivity index (χ2v) is 7.59. The van der Waals surface area contributed by atoms with Gasteiger partial charge in [0.1, 0.15) is 5.82 Å². The molecule has 21 heavy (non-hydrogen) atoms. The van der Waals surface area contributed by atoms with Crippen LogP contribution in [0.25, 0.3) is 0 Å². The highest BCUT2D eigenvalue weighted by atomic mass is 35.7.